The van der Waals surface area contributed by atoms with Gasteiger partial charge in [0, 0.05) is 5.02 Å². The lowest BCUT2D eigenvalue weighted by Crippen LogP contribution is -2.45. The van der Waals surface area contributed by atoms with Gasteiger partial charge < -0.3 is 14.8 Å². The number of halogens is 1. The molecule has 1 heterocycles. The summed E-state index contributed by atoms with van der Waals surface area (Å²) in [5, 5.41) is 3.14. The molecule has 3 aromatic carbocycles. The molecule has 0 fully saturated rings. The van der Waals surface area contributed by atoms with Crippen LogP contribution in [-0.2, 0) is 14.8 Å². The molecule has 0 aliphatic carbocycles. The third-order valence-electron chi connectivity index (χ3n) is 5.43. The molecule has 0 saturated heterocycles. The molecule has 1 N–H and O–H groups in total. The zero-order valence-corrected chi connectivity index (χ0v) is 20.4. The van der Waals surface area contributed by atoms with Crippen LogP contribution in [0.3, 0.4) is 0 Å². The van der Waals surface area contributed by atoms with Crippen molar-refractivity contribution in [2.24, 2.45) is 0 Å². The first kappa shape index (κ1) is 23.9. The number of hydrogen-bond donors (Lipinski definition) is 1. The molecule has 1 aliphatic heterocycles. The van der Waals surface area contributed by atoms with Gasteiger partial charge in [-0.15, -0.1) is 0 Å². The van der Waals surface area contributed by atoms with Gasteiger partial charge in [0.25, 0.3) is 10.0 Å². The molecule has 3 aromatic rings. The lowest BCUT2D eigenvalue weighted by Gasteiger charge is -2.28. The zero-order chi connectivity index (χ0) is 24.3. The smallest absolute Gasteiger partial charge is 0.264 e. The van der Waals surface area contributed by atoms with E-state index in [-0.39, 0.29) is 18.0 Å². The molecule has 1 amide bonds. The van der Waals surface area contributed by atoms with Crippen molar-refractivity contribution in [1.82, 2.24) is 5.32 Å². The van der Waals surface area contributed by atoms with E-state index in [0.717, 1.165) is 9.87 Å². The summed E-state index contributed by atoms with van der Waals surface area (Å²) in [5.74, 6) is 0.778. The van der Waals surface area contributed by atoms with Crippen LogP contribution >= 0.6 is 11.6 Å². The fourth-order valence-corrected chi connectivity index (χ4v) is 5.21. The average Bonchev–Trinajstić information content (AvgIpc) is 2.83. The molecule has 178 valence electrons. The minimum absolute atomic E-state index is 0.0888. The Labute approximate surface area is 204 Å². The number of nitrogens with zero attached hydrogens (tertiary/aromatic N) is 1. The Morgan fingerprint density at radius 1 is 1.06 bits per heavy atom. The average molecular weight is 501 g/mol. The number of benzene rings is 3. The van der Waals surface area contributed by atoms with Crippen LogP contribution in [-0.4, -0.2) is 40.1 Å². The van der Waals surface area contributed by atoms with Crippen LogP contribution in [0.1, 0.15) is 11.1 Å². The van der Waals surface area contributed by atoms with Crippen molar-refractivity contribution in [1.29, 1.82) is 0 Å². The van der Waals surface area contributed by atoms with E-state index < -0.39 is 28.6 Å². The van der Waals surface area contributed by atoms with Gasteiger partial charge in [0.05, 0.1) is 17.1 Å². The summed E-state index contributed by atoms with van der Waals surface area (Å²) in [5.41, 5.74) is 1.95. The molecular formula is C25H25ClN2O5S. The predicted molar refractivity (Wildman–Crippen MR) is 131 cm³/mol. The van der Waals surface area contributed by atoms with Crippen molar-refractivity contribution in [3.05, 3.63) is 82.9 Å². The van der Waals surface area contributed by atoms with Gasteiger partial charge in [-0.25, -0.2) is 8.42 Å². The summed E-state index contributed by atoms with van der Waals surface area (Å²) >= 11 is 6.17. The van der Waals surface area contributed by atoms with Gasteiger partial charge in [0.15, 0.2) is 11.5 Å². The maximum atomic E-state index is 13.5. The number of para-hydroxylation sites is 2. The summed E-state index contributed by atoms with van der Waals surface area (Å²) in [7, 11) is -4.03. The molecule has 34 heavy (non-hydrogen) atoms. The minimum Gasteiger partial charge on any atom is -0.486 e. The Hall–Kier alpha value is -3.23. The number of sulfonamides is 1. The molecule has 0 radical (unpaired) electrons. The number of fused-ring (bicyclic) bond motifs is 1. The van der Waals surface area contributed by atoms with E-state index in [0.29, 0.717) is 27.8 Å². The molecule has 4 rings (SSSR count). The Kier molecular flexibility index (Phi) is 7.00. The summed E-state index contributed by atoms with van der Waals surface area (Å²) in [4.78, 5) is 13.0. The van der Waals surface area contributed by atoms with Gasteiger partial charge in [-0.1, -0.05) is 47.5 Å². The summed E-state index contributed by atoms with van der Waals surface area (Å²) in [6.45, 7) is 3.67. The Morgan fingerprint density at radius 3 is 2.50 bits per heavy atom. The van der Waals surface area contributed by atoms with Crippen LogP contribution in [0.25, 0.3) is 0 Å². The van der Waals surface area contributed by atoms with Gasteiger partial charge in [-0.05, 0) is 55.8 Å². The Bertz CT molecular complexity index is 1290. The largest absolute Gasteiger partial charge is 0.486 e. The maximum absolute atomic E-state index is 13.5. The molecule has 1 aliphatic rings. The van der Waals surface area contributed by atoms with Gasteiger partial charge in [0.2, 0.25) is 5.91 Å². The van der Waals surface area contributed by atoms with Crippen molar-refractivity contribution >= 4 is 33.2 Å². The predicted octanol–water partition coefficient (Wildman–Crippen LogP) is 4.11. The first-order valence-electron chi connectivity index (χ1n) is 10.7. The molecule has 1 atom stereocenters. The lowest BCUT2D eigenvalue weighted by molar-refractivity contribution is -0.120. The van der Waals surface area contributed by atoms with Crippen molar-refractivity contribution in [3.8, 4) is 11.5 Å². The van der Waals surface area contributed by atoms with Crippen LogP contribution in [0.15, 0.2) is 71.6 Å². The number of anilines is 1. The number of carbonyl (C=O) groups excluding carboxylic acids is 1. The second kappa shape index (κ2) is 9.95. The lowest BCUT2D eigenvalue weighted by atomic mass is 10.2. The zero-order valence-electron chi connectivity index (χ0n) is 18.8. The van der Waals surface area contributed by atoms with E-state index >= 15 is 0 Å². The number of hydrogen-bond acceptors (Lipinski definition) is 5. The number of rotatable bonds is 7. The highest BCUT2D eigenvalue weighted by Gasteiger charge is 2.29. The third kappa shape index (κ3) is 5.29. The highest BCUT2D eigenvalue weighted by Crippen LogP contribution is 2.31. The highest BCUT2D eigenvalue weighted by molar-refractivity contribution is 7.92. The second-order valence-corrected chi connectivity index (χ2v) is 10.4. The van der Waals surface area contributed by atoms with Crippen LogP contribution in [0.2, 0.25) is 5.02 Å². The third-order valence-corrected chi connectivity index (χ3v) is 7.44. The van der Waals surface area contributed by atoms with Gasteiger partial charge in [-0.3, -0.25) is 9.10 Å². The Balaban J connectivity index is 1.53. The number of carbonyl (C=O) groups is 1. The monoisotopic (exact) mass is 500 g/mol. The van der Waals surface area contributed by atoms with E-state index in [1.807, 2.05) is 25.1 Å². The number of ether oxygens (including phenoxy) is 2. The van der Waals surface area contributed by atoms with E-state index in [1.54, 1.807) is 43.3 Å². The van der Waals surface area contributed by atoms with Gasteiger partial charge in [-0.2, -0.15) is 0 Å². The molecule has 1 unspecified atom stereocenters. The number of aryl methyl sites for hydroxylation is 2. The van der Waals surface area contributed by atoms with E-state index in [4.69, 9.17) is 21.1 Å². The minimum atomic E-state index is -4.03. The fraction of sp³-hybridized carbons (Fsp3) is 0.240. The molecular weight excluding hydrogens is 476 g/mol. The standard InChI is InChI=1S/C25H25ClN2O5S/c1-17-7-11-21(12-8-17)34(30,31)28(22-13-19(26)10-9-18(22)2)15-25(29)27-14-20-16-32-23-5-3-4-6-24(23)33-20/h3-13,20H,14-16H2,1-2H3,(H,27,29). The van der Waals surface area contributed by atoms with Crippen LogP contribution in [0.4, 0.5) is 5.69 Å². The van der Waals surface area contributed by atoms with Crippen LogP contribution < -0.4 is 19.1 Å². The van der Waals surface area contributed by atoms with Gasteiger partial charge >= 0.3 is 0 Å². The first-order chi connectivity index (χ1) is 16.2. The van der Waals surface area contributed by atoms with E-state index in [1.165, 1.54) is 12.1 Å². The maximum Gasteiger partial charge on any atom is 0.264 e. The van der Waals surface area contributed by atoms with E-state index in [9.17, 15) is 13.2 Å². The van der Waals surface area contributed by atoms with Crippen LogP contribution in [0.5, 0.6) is 11.5 Å². The molecule has 9 heteroatoms. The first-order valence-corrected chi connectivity index (χ1v) is 12.6. The van der Waals surface area contributed by atoms with Crippen molar-refractivity contribution in [2.75, 3.05) is 24.0 Å². The highest BCUT2D eigenvalue weighted by atomic mass is 35.5. The second-order valence-electron chi connectivity index (χ2n) is 8.06. The molecule has 0 spiro atoms. The van der Waals surface area contributed by atoms with Crippen LogP contribution in [0, 0.1) is 13.8 Å². The normalized spacial score (nSPS) is 15.0. The number of amides is 1. The van der Waals surface area contributed by atoms with Crippen molar-refractivity contribution in [3.63, 3.8) is 0 Å². The number of nitrogens with one attached hydrogen (secondary N) is 1. The fourth-order valence-electron chi connectivity index (χ4n) is 3.57. The van der Waals surface area contributed by atoms with Crippen molar-refractivity contribution in [2.45, 2.75) is 24.8 Å². The van der Waals surface area contributed by atoms with Crippen molar-refractivity contribution < 1.29 is 22.7 Å². The summed E-state index contributed by atoms with van der Waals surface area (Å²) < 4.78 is 39.7. The molecule has 0 bridgehead atoms. The molecule has 7 nitrogen and oxygen atoms in total. The van der Waals surface area contributed by atoms with Gasteiger partial charge in [0.1, 0.15) is 19.3 Å². The molecule has 0 aromatic heterocycles. The summed E-state index contributed by atoms with van der Waals surface area (Å²) in [6.07, 6.45) is -0.395. The SMILES string of the molecule is Cc1ccc(S(=O)(=O)N(CC(=O)NCC2COc3ccccc3O2)c2cc(Cl)ccc2C)cc1. The Morgan fingerprint density at radius 2 is 1.76 bits per heavy atom. The van der Waals surface area contributed by atoms with E-state index in [2.05, 4.69) is 5.32 Å². The summed E-state index contributed by atoms with van der Waals surface area (Å²) in [6, 6.07) is 18.7. The quantitative estimate of drug-likeness (QED) is 0.527. The topological polar surface area (TPSA) is 84.9 Å². The molecule has 0 saturated carbocycles.